The molecule has 0 aromatic carbocycles. The van der Waals surface area contributed by atoms with Gasteiger partial charge >= 0.3 is 5.97 Å². The summed E-state index contributed by atoms with van der Waals surface area (Å²) < 4.78 is 0.883. The molecule has 0 heterocycles. The Bertz CT molecular complexity index is 334. The predicted molar refractivity (Wildman–Crippen MR) is 101 cm³/mol. The molecular weight excluding hydrogens is 302 g/mol. The van der Waals surface area contributed by atoms with E-state index in [4.69, 9.17) is 5.11 Å². The molecule has 0 saturated carbocycles. The average Bonchev–Trinajstić information content (AvgIpc) is 2.54. The summed E-state index contributed by atoms with van der Waals surface area (Å²) in [5, 5.41) is 19.5. The first-order valence-electron chi connectivity index (χ1n) is 9.89. The predicted octanol–water partition coefficient (Wildman–Crippen LogP) is 4.38. The third-order valence-corrected chi connectivity index (χ3v) is 4.66. The number of hydrogen-bond donors (Lipinski definition) is 2. The summed E-state index contributed by atoms with van der Waals surface area (Å²) >= 11 is 0. The molecule has 24 heavy (non-hydrogen) atoms. The molecule has 2 N–H and O–H groups in total. The smallest absolute Gasteiger partial charge is 0.303 e. The van der Waals surface area contributed by atoms with Gasteiger partial charge < -0.3 is 14.7 Å². The van der Waals surface area contributed by atoms with Gasteiger partial charge in [-0.2, -0.15) is 0 Å². The van der Waals surface area contributed by atoms with Gasteiger partial charge in [-0.1, -0.05) is 45.8 Å². The quantitative estimate of drug-likeness (QED) is 0.323. The van der Waals surface area contributed by atoms with E-state index in [1.807, 2.05) is 0 Å². The number of hydrogen-bond acceptors (Lipinski definition) is 2. The molecule has 0 saturated heterocycles. The van der Waals surface area contributed by atoms with Crippen molar-refractivity contribution < 1.29 is 19.5 Å². The number of aliphatic hydroxyl groups excluding tert-OH is 1. The lowest BCUT2D eigenvalue weighted by molar-refractivity contribution is -0.931. The van der Waals surface area contributed by atoms with Crippen LogP contribution in [0, 0.1) is 0 Å². The lowest BCUT2D eigenvalue weighted by Crippen LogP contribution is -2.54. The minimum atomic E-state index is -0.718. The van der Waals surface area contributed by atoms with E-state index in [2.05, 4.69) is 32.9 Å². The topological polar surface area (TPSA) is 57.5 Å². The van der Waals surface area contributed by atoms with Gasteiger partial charge in [0.05, 0.1) is 26.1 Å². The van der Waals surface area contributed by atoms with Crippen LogP contribution < -0.4 is 0 Å². The molecule has 4 nitrogen and oxygen atoms in total. The van der Waals surface area contributed by atoms with Crippen molar-refractivity contribution in [3.05, 3.63) is 12.2 Å². The minimum Gasteiger partial charge on any atom is -0.481 e. The maximum Gasteiger partial charge on any atom is 0.303 e. The van der Waals surface area contributed by atoms with Crippen molar-refractivity contribution in [3.8, 4) is 0 Å². The van der Waals surface area contributed by atoms with Gasteiger partial charge in [-0.15, -0.1) is 0 Å². The molecule has 142 valence electrons. The molecule has 4 heteroatoms. The molecule has 0 aliphatic heterocycles. The van der Waals surface area contributed by atoms with Gasteiger partial charge in [0.25, 0.3) is 0 Å². The Labute approximate surface area is 149 Å². The number of unbranched alkanes of at least 4 members (excludes halogenated alkanes) is 2. The fourth-order valence-corrected chi connectivity index (χ4v) is 3.27. The first-order chi connectivity index (χ1) is 11.5. The number of carboxylic acid groups (broad SMARTS) is 1. The molecule has 0 aliphatic carbocycles. The maximum atomic E-state index is 10.9. The monoisotopic (exact) mass is 342 g/mol. The fourth-order valence-electron chi connectivity index (χ4n) is 3.27. The van der Waals surface area contributed by atoms with Crippen molar-refractivity contribution >= 4 is 5.97 Å². The number of rotatable bonds is 16. The Morgan fingerprint density at radius 2 is 1.58 bits per heavy atom. The second kappa shape index (κ2) is 14.5. The zero-order valence-corrected chi connectivity index (χ0v) is 16.2. The second-order valence-electron chi connectivity index (χ2n) is 7.01. The highest BCUT2D eigenvalue weighted by atomic mass is 16.4. The molecule has 0 rings (SSSR count). The van der Waals surface area contributed by atoms with Gasteiger partial charge in [0.2, 0.25) is 0 Å². The Morgan fingerprint density at radius 1 is 1.00 bits per heavy atom. The zero-order chi connectivity index (χ0) is 18.3. The first kappa shape index (κ1) is 23.1. The minimum absolute atomic E-state index is 0.230. The standard InChI is InChI=1S/C20H39NO3/c1-4-7-10-11-13-19(22)18-21(15-8-5-2,16-9-6-3)17-12-14-20(23)24/h7,10,19,22H,4-6,8-9,11-18H2,1-3H3/p+1/b10-7+. The highest BCUT2D eigenvalue weighted by Gasteiger charge is 2.29. The van der Waals surface area contributed by atoms with Crippen LogP contribution in [0.2, 0.25) is 0 Å². The van der Waals surface area contributed by atoms with E-state index in [9.17, 15) is 9.90 Å². The van der Waals surface area contributed by atoms with E-state index in [1.54, 1.807) is 0 Å². The van der Waals surface area contributed by atoms with Crippen molar-refractivity contribution in [2.75, 3.05) is 26.2 Å². The summed E-state index contributed by atoms with van der Waals surface area (Å²) in [7, 11) is 0. The molecule has 0 radical (unpaired) electrons. The van der Waals surface area contributed by atoms with E-state index in [-0.39, 0.29) is 12.5 Å². The van der Waals surface area contributed by atoms with E-state index in [0.717, 1.165) is 75.6 Å². The van der Waals surface area contributed by atoms with Crippen LogP contribution >= 0.6 is 0 Å². The molecule has 0 bridgehead atoms. The van der Waals surface area contributed by atoms with Crippen LogP contribution in [0.5, 0.6) is 0 Å². The summed E-state index contributed by atoms with van der Waals surface area (Å²) in [6.07, 6.45) is 12.2. The van der Waals surface area contributed by atoms with Gasteiger partial charge in [-0.05, 0) is 32.1 Å². The van der Waals surface area contributed by atoms with Crippen LogP contribution in [0.4, 0.5) is 0 Å². The number of quaternary nitrogens is 1. The summed E-state index contributed by atoms with van der Waals surface area (Å²) in [5.41, 5.74) is 0. The summed E-state index contributed by atoms with van der Waals surface area (Å²) in [6, 6.07) is 0. The fraction of sp³-hybridized carbons (Fsp3) is 0.850. The van der Waals surface area contributed by atoms with E-state index >= 15 is 0 Å². The Kier molecular flexibility index (Phi) is 13.9. The first-order valence-corrected chi connectivity index (χ1v) is 9.89. The Hall–Kier alpha value is -0.870. The normalized spacial score (nSPS) is 13.5. The molecule has 0 amide bonds. The number of carbonyl (C=O) groups is 1. The van der Waals surface area contributed by atoms with Gasteiger partial charge in [-0.25, -0.2) is 0 Å². The van der Waals surface area contributed by atoms with Crippen molar-refractivity contribution in [3.63, 3.8) is 0 Å². The molecule has 1 atom stereocenters. The van der Waals surface area contributed by atoms with Crippen molar-refractivity contribution in [1.82, 2.24) is 0 Å². The van der Waals surface area contributed by atoms with Crippen LogP contribution in [0.15, 0.2) is 12.2 Å². The summed E-state index contributed by atoms with van der Waals surface area (Å²) in [5.74, 6) is -0.718. The van der Waals surface area contributed by atoms with Crippen molar-refractivity contribution in [2.45, 2.75) is 84.7 Å². The zero-order valence-electron chi connectivity index (χ0n) is 16.2. The highest BCUT2D eigenvalue weighted by molar-refractivity contribution is 5.66. The number of allylic oxidation sites excluding steroid dienone is 2. The highest BCUT2D eigenvalue weighted by Crippen LogP contribution is 2.17. The van der Waals surface area contributed by atoms with Gasteiger partial charge in [-0.3, -0.25) is 4.79 Å². The lowest BCUT2D eigenvalue weighted by atomic mass is 10.1. The molecule has 0 fully saturated rings. The third kappa shape index (κ3) is 11.6. The third-order valence-electron chi connectivity index (χ3n) is 4.66. The number of nitrogens with zero attached hydrogens (tertiary/aromatic N) is 1. The summed E-state index contributed by atoms with van der Waals surface area (Å²) in [4.78, 5) is 10.9. The van der Waals surface area contributed by atoms with E-state index < -0.39 is 5.97 Å². The second-order valence-corrected chi connectivity index (χ2v) is 7.01. The molecule has 1 unspecified atom stereocenters. The SMILES string of the molecule is CC/C=C/CCC(O)C[N+](CCCC)(CCCC)CCCC(=O)O. The number of aliphatic carboxylic acids is 1. The van der Waals surface area contributed by atoms with Crippen LogP contribution in [0.1, 0.15) is 78.6 Å². The molecule has 0 aromatic heterocycles. The van der Waals surface area contributed by atoms with Crippen LogP contribution in [-0.2, 0) is 4.79 Å². The molecule has 0 aliphatic rings. The molecule has 0 spiro atoms. The molecular formula is C20H40NO3+. The van der Waals surface area contributed by atoms with Gasteiger partial charge in [0.1, 0.15) is 12.6 Å². The number of carboxylic acids is 1. The average molecular weight is 343 g/mol. The van der Waals surface area contributed by atoms with E-state index in [0.29, 0.717) is 6.42 Å². The Balaban J connectivity index is 4.79. The van der Waals surface area contributed by atoms with Crippen LogP contribution in [-0.4, -0.2) is 52.9 Å². The Morgan fingerprint density at radius 3 is 2.08 bits per heavy atom. The van der Waals surface area contributed by atoms with Gasteiger partial charge in [0.15, 0.2) is 0 Å². The van der Waals surface area contributed by atoms with E-state index in [1.165, 1.54) is 0 Å². The maximum absolute atomic E-state index is 10.9. The van der Waals surface area contributed by atoms with Crippen LogP contribution in [0.25, 0.3) is 0 Å². The number of aliphatic hydroxyl groups is 1. The van der Waals surface area contributed by atoms with Crippen LogP contribution in [0.3, 0.4) is 0 Å². The lowest BCUT2D eigenvalue weighted by Gasteiger charge is -2.40. The van der Waals surface area contributed by atoms with Crippen molar-refractivity contribution in [2.24, 2.45) is 0 Å². The molecule has 0 aromatic rings. The summed E-state index contributed by atoms with van der Waals surface area (Å²) in [6.45, 7) is 10.2. The largest absolute Gasteiger partial charge is 0.481 e. The van der Waals surface area contributed by atoms with Gasteiger partial charge in [0, 0.05) is 6.42 Å². The van der Waals surface area contributed by atoms with Crippen molar-refractivity contribution in [1.29, 1.82) is 0 Å².